The van der Waals surface area contributed by atoms with Crippen molar-refractivity contribution >= 4 is 0 Å². The van der Waals surface area contributed by atoms with E-state index in [0.717, 1.165) is 0 Å². The van der Waals surface area contributed by atoms with Crippen LogP contribution in [0.1, 0.15) is 0 Å². The van der Waals surface area contributed by atoms with Crippen LogP contribution in [0.2, 0.25) is 0 Å². The summed E-state index contributed by atoms with van der Waals surface area (Å²) in [4.78, 5) is 3.42. The molecule has 4 nitrogen and oxygen atoms in total. The second-order valence-electron chi connectivity index (χ2n) is 2.77. The van der Waals surface area contributed by atoms with E-state index in [2.05, 4.69) is 10.1 Å². The quantitative estimate of drug-likeness (QED) is 0.682. The van der Waals surface area contributed by atoms with E-state index in [1.54, 1.807) is 30.2 Å². The van der Waals surface area contributed by atoms with Crippen molar-refractivity contribution < 1.29 is 9.13 Å². The molecule has 0 spiro atoms. The summed E-state index contributed by atoms with van der Waals surface area (Å²) >= 11 is 0. The zero-order valence-electron chi connectivity index (χ0n) is 7.51. The normalized spacial score (nSPS) is 10.1. The third-order valence-corrected chi connectivity index (χ3v) is 1.61. The zero-order valence-corrected chi connectivity index (χ0v) is 7.51. The second kappa shape index (κ2) is 3.45. The Labute approximate surface area is 80.0 Å². The van der Waals surface area contributed by atoms with Crippen LogP contribution in [0.15, 0.2) is 30.7 Å². The van der Waals surface area contributed by atoms with Crippen molar-refractivity contribution in [2.75, 3.05) is 0 Å². The molecule has 0 N–H and O–H groups in total. The molecule has 0 fully saturated rings. The average molecular weight is 193 g/mol. The molecule has 2 aromatic heterocycles. The maximum atomic E-state index is 12.7. The lowest BCUT2D eigenvalue weighted by Gasteiger charge is -2.00. The molecule has 2 rings (SSSR count). The summed E-state index contributed by atoms with van der Waals surface area (Å²) < 4.78 is 19.6. The number of pyridine rings is 1. The van der Waals surface area contributed by atoms with E-state index in [0.29, 0.717) is 11.5 Å². The van der Waals surface area contributed by atoms with Gasteiger partial charge < -0.3 is 4.74 Å². The van der Waals surface area contributed by atoms with Crippen LogP contribution in [0.5, 0.6) is 11.5 Å². The first-order valence-corrected chi connectivity index (χ1v) is 4.02. The van der Waals surface area contributed by atoms with Crippen molar-refractivity contribution in [3.63, 3.8) is 0 Å². The van der Waals surface area contributed by atoms with Gasteiger partial charge in [0.1, 0.15) is 5.75 Å². The number of hydrogen-bond donors (Lipinski definition) is 0. The standard InChI is InChI=1S/C9H8FN3O/c1-13-6-8(5-12-13)14-7-2-3-11-9(10)4-7/h2-6H,1H3. The van der Waals surface area contributed by atoms with E-state index in [4.69, 9.17) is 4.74 Å². The van der Waals surface area contributed by atoms with Crippen LogP contribution in [0.25, 0.3) is 0 Å². The molecule has 5 heteroatoms. The predicted molar refractivity (Wildman–Crippen MR) is 47.5 cm³/mol. The smallest absolute Gasteiger partial charge is 0.216 e. The van der Waals surface area contributed by atoms with Crippen molar-refractivity contribution in [2.24, 2.45) is 7.05 Å². The van der Waals surface area contributed by atoms with E-state index < -0.39 is 5.95 Å². The maximum absolute atomic E-state index is 12.7. The Morgan fingerprint density at radius 3 is 2.93 bits per heavy atom. The number of aromatic nitrogens is 3. The van der Waals surface area contributed by atoms with Crippen molar-refractivity contribution in [3.05, 3.63) is 36.7 Å². The van der Waals surface area contributed by atoms with E-state index in [-0.39, 0.29) is 0 Å². The average Bonchev–Trinajstić information content (AvgIpc) is 2.51. The first kappa shape index (κ1) is 8.68. The summed E-state index contributed by atoms with van der Waals surface area (Å²) in [6.07, 6.45) is 4.59. The molecule has 0 saturated carbocycles. The second-order valence-corrected chi connectivity index (χ2v) is 2.77. The van der Waals surface area contributed by atoms with Crippen LogP contribution in [-0.4, -0.2) is 14.8 Å². The Hall–Kier alpha value is -1.91. The molecule has 0 aliphatic carbocycles. The Balaban J connectivity index is 2.18. The van der Waals surface area contributed by atoms with Gasteiger partial charge in [-0.1, -0.05) is 0 Å². The Kier molecular flexibility index (Phi) is 2.14. The van der Waals surface area contributed by atoms with Gasteiger partial charge in [0.25, 0.3) is 0 Å². The lowest BCUT2D eigenvalue weighted by atomic mass is 10.4. The largest absolute Gasteiger partial charge is 0.454 e. The Morgan fingerprint density at radius 2 is 2.29 bits per heavy atom. The fraction of sp³-hybridized carbons (Fsp3) is 0.111. The summed E-state index contributed by atoms with van der Waals surface area (Å²) in [6, 6.07) is 2.79. The molecule has 0 aromatic carbocycles. The third kappa shape index (κ3) is 1.87. The lowest BCUT2D eigenvalue weighted by Crippen LogP contribution is -1.86. The molecule has 0 atom stereocenters. The summed E-state index contributed by atoms with van der Waals surface area (Å²) in [5.41, 5.74) is 0. The fourth-order valence-electron chi connectivity index (χ4n) is 1.04. The van der Waals surface area contributed by atoms with E-state index in [1.165, 1.54) is 12.3 Å². The number of ether oxygens (including phenoxy) is 1. The molecule has 0 unspecified atom stereocenters. The van der Waals surface area contributed by atoms with Gasteiger partial charge in [-0.3, -0.25) is 4.68 Å². The molecule has 0 saturated heterocycles. The molecular weight excluding hydrogens is 185 g/mol. The van der Waals surface area contributed by atoms with Gasteiger partial charge in [0.05, 0.1) is 12.4 Å². The van der Waals surface area contributed by atoms with Crippen LogP contribution in [0, 0.1) is 5.95 Å². The highest BCUT2D eigenvalue weighted by Crippen LogP contribution is 2.19. The summed E-state index contributed by atoms with van der Waals surface area (Å²) in [6.45, 7) is 0. The highest BCUT2D eigenvalue weighted by atomic mass is 19.1. The van der Waals surface area contributed by atoms with Crippen LogP contribution in [0.3, 0.4) is 0 Å². The Morgan fingerprint density at radius 1 is 1.43 bits per heavy atom. The van der Waals surface area contributed by atoms with Crippen molar-refractivity contribution in [2.45, 2.75) is 0 Å². The van der Waals surface area contributed by atoms with Gasteiger partial charge in [-0.05, 0) is 6.07 Å². The fourth-order valence-corrected chi connectivity index (χ4v) is 1.04. The first-order chi connectivity index (χ1) is 6.74. The molecule has 0 bridgehead atoms. The van der Waals surface area contributed by atoms with Crippen LogP contribution >= 0.6 is 0 Å². The number of halogens is 1. The minimum Gasteiger partial charge on any atom is -0.454 e. The minimum absolute atomic E-state index is 0.408. The van der Waals surface area contributed by atoms with Crippen LogP contribution < -0.4 is 4.74 Å². The van der Waals surface area contributed by atoms with Gasteiger partial charge >= 0.3 is 0 Å². The van der Waals surface area contributed by atoms with Crippen molar-refractivity contribution in [1.29, 1.82) is 0 Å². The molecular formula is C9H8FN3O. The van der Waals surface area contributed by atoms with Gasteiger partial charge in [-0.2, -0.15) is 9.49 Å². The van der Waals surface area contributed by atoms with Gasteiger partial charge in [0.2, 0.25) is 5.95 Å². The summed E-state index contributed by atoms with van der Waals surface area (Å²) in [5.74, 6) is 0.412. The predicted octanol–water partition coefficient (Wildman–Crippen LogP) is 1.75. The van der Waals surface area contributed by atoms with Crippen LogP contribution in [0.4, 0.5) is 4.39 Å². The molecule has 14 heavy (non-hydrogen) atoms. The SMILES string of the molecule is Cn1cc(Oc2ccnc(F)c2)cn1. The molecule has 72 valence electrons. The highest BCUT2D eigenvalue weighted by Gasteiger charge is 2.00. The maximum Gasteiger partial charge on any atom is 0.216 e. The Bertz CT molecular complexity index is 441. The lowest BCUT2D eigenvalue weighted by molar-refractivity contribution is 0.471. The molecule has 2 aromatic rings. The number of aryl methyl sites for hydroxylation is 1. The minimum atomic E-state index is -0.564. The number of nitrogens with zero attached hydrogens (tertiary/aromatic N) is 3. The highest BCUT2D eigenvalue weighted by molar-refractivity contribution is 5.25. The molecule has 2 heterocycles. The molecule has 0 aliphatic rings. The van der Waals surface area contributed by atoms with Crippen molar-refractivity contribution in [1.82, 2.24) is 14.8 Å². The van der Waals surface area contributed by atoms with E-state index in [1.807, 2.05) is 0 Å². The molecule has 0 radical (unpaired) electrons. The monoisotopic (exact) mass is 193 g/mol. The van der Waals surface area contributed by atoms with Gasteiger partial charge in [0.15, 0.2) is 5.75 Å². The van der Waals surface area contributed by atoms with Crippen LogP contribution in [-0.2, 0) is 7.05 Å². The topological polar surface area (TPSA) is 39.9 Å². The number of rotatable bonds is 2. The molecule has 0 aliphatic heterocycles. The van der Waals surface area contributed by atoms with Crippen molar-refractivity contribution in [3.8, 4) is 11.5 Å². The van der Waals surface area contributed by atoms with Gasteiger partial charge in [0, 0.05) is 19.3 Å². The van der Waals surface area contributed by atoms with Gasteiger partial charge in [-0.25, -0.2) is 4.98 Å². The molecule has 0 amide bonds. The number of hydrogen-bond acceptors (Lipinski definition) is 3. The third-order valence-electron chi connectivity index (χ3n) is 1.61. The first-order valence-electron chi connectivity index (χ1n) is 4.02. The van der Waals surface area contributed by atoms with E-state index >= 15 is 0 Å². The summed E-state index contributed by atoms with van der Waals surface area (Å²) in [7, 11) is 1.78. The zero-order chi connectivity index (χ0) is 9.97. The summed E-state index contributed by atoms with van der Waals surface area (Å²) in [5, 5.41) is 3.92. The van der Waals surface area contributed by atoms with Gasteiger partial charge in [-0.15, -0.1) is 0 Å². The van der Waals surface area contributed by atoms with E-state index in [9.17, 15) is 4.39 Å².